The molecule has 1 amide bonds. The van der Waals surface area contributed by atoms with Crippen LogP contribution in [0.4, 0.5) is 14.6 Å². The van der Waals surface area contributed by atoms with E-state index in [9.17, 15) is 18.8 Å². The van der Waals surface area contributed by atoms with Crippen molar-refractivity contribution in [3.8, 4) is 17.2 Å². The molecule has 1 saturated heterocycles. The third kappa shape index (κ3) is 3.22. The van der Waals surface area contributed by atoms with Crippen LogP contribution in [-0.4, -0.2) is 27.6 Å². The van der Waals surface area contributed by atoms with Crippen LogP contribution in [0.25, 0.3) is 11.1 Å². The van der Waals surface area contributed by atoms with E-state index in [2.05, 4.69) is 21.3 Å². The van der Waals surface area contributed by atoms with Crippen LogP contribution in [0.2, 0.25) is 0 Å². The number of aromatic nitrogens is 3. The SMILES string of the molecule is N#Cc1[nH]c(N2CCC(Cc3ccc(F)c(F)c3)C2=O)cc1-c1ccnnc1. The predicted molar refractivity (Wildman–Crippen MR) is 97.1 cm³/mol. The van der Waals surface area contributed by atoms with Gasteiger partial charge in [-0.05, 0) is 42.7 Å². The Balaban J connectivity index is 1.56. The van der Waals surface area contributed by atoms with Crippen molar-refractivity contribution in [2.45, 2.75) is 12.8 Å². The molecule has 4 rings (SSSR count). The lowest BCUT2D eigenvalue weighted by atomic mass is 9.98. The van der Waals surface area contributed by atoms with Crippen LogP contribution < -0.4 is 4.90 Å². The second-order valence-corrected chi connectivity index (χ2v) is 6.61. The summed E-state index contributed by atoms with van der Waals surface area (Å²) in [7, 11) is 0. The van der Waals surface area contributed by atoms with Gasteiger partial charge in [-0.25, -0.2) is 8.78 Å². The molecular formula is C20H15F2N5O. The molecule has 0 radical (unpaired) electrons. The number of carbonyl (C=O) groups is 1. The van der Waals surface area contributed by atoms with Gasteiger partial charge in [-0.15, -0.1) is 0 Å². The summed E-state index contributed by atoms with van der Waals surface area (Å²) in [6.45, 7) is 0.479. The van der Waals surface area contributed by atoms with Crippen LogP contribution in [0.3, 0.4) is 0 Å². The molecule has 1 fully saturated rings. The number of H-pyrrole nitrogens is 1. The lowest BCUT2D eigenvalue weighted by Crippen LogP contribution is -2.28. The van der Waals surface area contributed by atoms with E-state index in [1.165, 1.54) is 12.3 Å². The molecule has 0 spiro atoms. The summed E-state index contributed by atoms with van der Waals surface area (Å²) in [5.74, 6) is -1.74. The fourth-order valence-electron chi connectivity index (χ4n) is 3.47. The van der Waals surface area contributed by atoms with E-state index in [1.54, 1.807) is 23.2 Å². The molecule has 1 unspecified atom stereocenters. The molecule has 0 aliphatic carbocycles. The van der Waals surface area contributed by atoms with E-state index in [4.69, 9.17) is 0 Å². The van der Waals surface area contributed by atoms with Crippen molar-refractivity contribution in [3.63, 3.8) is 0 Å². The minimum Gasteiger partial charge on any atom is -0.332 e. The van der Waals surface area contributed by atoms with Crippen LogP contribution in [0.15, 0.2) is 42.7 Å². The van der Waals surface area contributed by atoms with Gasteiger partial charge >= 0.3 is 0 Å². The highest BCUT2D eigenvalue weighted by atomic mass is 19.2. The van der Waals surface area contributed by atoms with Crippen molar-refractivity contribution in [1.29, 1.82) is 5.26 Å². The highest BCUT2D eigenvalue weighted by Crippen LogP contribution is 2.32. The van der Waals surface area contributed by atoms with Gasteiger partial charge in [0.05, 0.1) is 12.4 Å². The number of nitriles is 1. The Kier molecular flexibility index (Phi) is 4.57. The Morgan fingerprint density at radius 1 is 1.21 bits per heavy atom. The molecule has 1 aliphatic heterocycles. The van der Waals surface area contributed by atoms with Gasteiger partial charge in [-0.2, -0.15) is 15.5 Å². The molecule has 140 valence electrons. The molecule has 8 heteroatoms. The first-order valence-electron chi connectivity index (χ1n) is 8.72. The molecule has 6 nitrogen and oxygen atoms in total. The van der Waals surface area contributed by atoms with E-state index in [0.29, 0.717) is 42.0 Å². The van der Waals surface area contributed by atoms with Gasteiger partial charge in [0.1, 0.15) is 17.6 Å². The number of benzene rings is 1. The van der Waals surface area contributed by atoms with Crippen molar-refractivity contribution in [2.24, 2.45) is 5.92 Å². The molecule has 1 N–H and O–H groups in total. The maximum absolute atomic E-state index is 13.4. The lowest BCUT2D eigenvalue weighted by Gasteiger charge is -2.15. The Bertz CT molecular complexity index is 1070. The number of hydrogen-bond acceptors (Lipinski definition) is 4. The summed E-state index contributed by atoms with van der Waals surface area (Å²) < 4.78 is 26.5. The summed E-state index contributed by atoms with van der Waals surface area (Å²) in [5.41, 5.74) is 2.27. The predicted octanol–water partition coefficient (Wildman–Crippen LogP) is 3.22. The normalized spacial score (nSPS) is 16.4. The quantitative estimate of drug-likeness (QED) is 0.754. The molecule has 0 bridgehead atoms. The van der Waals surface area contributed by atoms with E-state index in [1.807, 2.05) is 0 Å². The van der Waals surface area contributed by atoms with Gasteiger partial charge in [0, 0.05) is 23.6 Å². The number of carbonyl (C=O) groups excluding carboxylic acids is 1. The number of anilines is 1. The van der Waals surface area contributed by atoms with E-state index < -0.39 is 11.6 Å². The fraction of sp³-hybridized carbons (Fsp3) is 0.200. The Morgan fingerprint density at radius 2 is 2.07 bits per heavy atom. The zero-order valence-electron chi connectivity index (χ0n) is 14.7. The minimum atomic E-state index is -0.918. The molecule has 2 aromatic heterocycles. The first kappa shape index (κ1) is 17.8. The first-order chi connectivity index (χ1) is 13.6. The number of aromatic amines is 1. The molecule has 1 aromatic carbocycles. The first-order valence-corrected chi connectivity index (χ1v) is 8.72. The number of halogens is 2. The van der Waals surface area contributed by atoms with Gasteiger partial charge in [-0.3, -0.25) is 9.69 Å². The van der Waals surface area contributed by atoms with Gasteiger partial charge in [-0.1, -0.05) is 6.07 Å². The molecule has 3 heterocycles. The van der Waals surface area contributed by atoms with Crippen LogP contribution in [0.1, 0.15) is 17.7 Å². The van der Waals surface area contributed by atoms with Crippen molar-refractivity contribution >= 4 is 11.7 Å². The second kappa shape index (κ2) is 7.19. The topological polar surface area (TPSA) is 85.7 Å². The number of nitrogens with one attached hydrogen (secondary N) is 1. The second-order valence-electron chi connectivity index (χ2n) is 6.61. The number of amides is 1. The highest BCUT2D eigenvalue weighted by Gasteiger charge is 2.34. The Morgan fingerprint density at radius 3 is 2.79 bits per heavy atom. The van der Waals surface area contributed by atoms with Crippen LogP contribution in [0.5, 0.6) is 0 Å². The average Bonchev–Trinajstić information content (AvgIpc) is 3.29. The summed E-state index contributed by atoms with van der Waals surface area (Å²) >= 11 is 0. The van der Waals surface area contributed by atoms with Crippen molar-refractivity contribution in [1.82, 2.24) is 15.2 Å². The molecule has 1 atom stereocenters. The van der Waals surface area contributed by atoms with Crippen molar-refractivity contribution < 1.29 is 13.6 Å². The molecule has 0 saturated carbocycles. The molecule has 3 aromatic rings. The molecule has 1 aliphatic rings. The van der Waals surface area contributed by atoms with Gasteiger partial charge in [0.2, 0.25) is 5.91 Å². The average molecular weight is 379 g/mol. The standard InChI is InChI=1S/C20H15F2N5O/c21-16-2-1-12(8-17(16)22)7-13-4-6-27(20(13)28)19-9-15(18(10-23)26-19)14-3-5-24-25-11-14/h1-3,5,8-9,11,13,26H,4,6-7H2. The van der Waals surface area contributed by atoms with Gasteiger partial charge in [0.15, 0.2) is 11.6 Å². The summed E-state index contributed by atoms with van der Waals surface area (Å²) in [5, 5.41) is 17.0. The third-order valence-electron chi connectivity index (χ3n) is 4.88. The third-order valence-corrected chi connectivity index (χ3v) is 4.88. The van der Waals surface area contributed by atoms with Crippen molar-refractivity contribution in [2.75, 3.05) is 11.4 Å². The van der Waals surface area contributed by atoms with Gasteiger partial charge in [0.25, 0.3) is 0 Å². The van der Waals surface area contributed by atoms with Gasteiger partial charge < -0.3 is 4.98 Å². The van der Waals surface area contributed by atoms with Crippen LogP contribution in [-0.2, 0) is 11.2 Å². The lowest BCUT2D eigenvalue weighted by molar-refractivity contribution is -0.120. The number of rotatable bonds is 4. The number of nitrogens with zero attached hydrogens (tertiary/aromatic N) is 4. The van der Waals surface area contributed by atoms with E-state index in [-0.39, 0.29) is 11.8 Å². The zero-order chi connectivity index (χ0) is 19.7. The monoisotopic (exact) mass is 379 g/mol. The maximum atomic E-state index is 13.4. The maximum Gasteiger partial charge on any atom is 0.231 e. The molecule has 28 heavy (non-hydrogen) atoms. The summed E-state index contributed by atoms with van der Waals surface area (Å²) in [6, 6.07) is 9.26. The van der Waals surface area contributed by atoms with E-state index in [0.717, 1.165) is 17.7 Å². The largest absolute Gasteiger partial charge is 0.332 e. The fourth-order valence-corrected chi connectivity index (χ4v) is 3.47. The summed E-state index contributed by atoms with van der Waals surface area (Å²) in [4.78, 5) is 17.4. The minimum absolute atomic E-state index is 0.116. The smallest absolute Gasteiger partial charge is 0.231 e. The summed E-state index contributed by atoms with van der Waals surface area (Å²) in [6.07, 6.45) is 4.00. The molecular weight excluding hydrogens is 364 g/mol. The zero-order valence-corrected chi connectivity index (χ0v) is 14.7. The number of hydrogen-bond donors (Lipinski definition) is 1. The van der Waals surface area contributed by atoms with Crippen LogP contribution in [0, 0.1) is 28.9 Å². The van der Waals surface area contributed by atoms with Crippen molar-refractivity contribution in [3.05, 3.63) is 65.6 Å². The highest BCUT2D eigenvalue weighted by molar-refractivity contribution is 5.97. The van der Waals surface area contributed by atoms with E-state index >= 15 is 0 Å². The Labute approximate surface area is 159 Å². The van der Waals surface area contributed by atoms with Crippen LogP contribution >= 0.6 is 0 Å². The Hall–Kier alpha value is -3.60.